The molecule has 1 aromatic carbocycles. The van der Waals surface area contributed by atoms with Crippen LogP contribution in [0.15, 0.2) is 22.7 Å². The van der Waals surface area contributed by atoms with Crippen LogP contribution in [0.1, 0.15) is 23.7 Å². The lowest BCUT2D eigenvalue weighted by Crippen LogP contribution is -2.39. The van der Waals surface area contributed by atoms with Crippen molar-refractivity contribution in [1.29, 1.82) is 0 Å². The molecule has 1 aromatic rings. The lowest BCUT2D eigenvalue weighted by molar-refractivity contribution is 0.0648. The second-order valence-electron chi connectivity index (χ2n) is 4.62. The Balaban J connectivity index is 2.29. The first kappa shape index (κ1) is 13.8. The first-order chi connectivity index (χ1) is 8.56. The van der Waals surface area contributed by atoms with Gasteiger partial charge in [0.05, 0.1) is 23.2 Å². The molecule has 5 heteroatoms. The zero-order chi connectivity index (χ0) is 13.3. The van der Waals surface area contributed by atoms with Crippen molar-refractivity contribution in [1.82, 2.24) is 4.90 Å². The van der Waals surface area contributed by atoms with Crippen LogP contribution in [0.25, 0.3) is 0 Å². The molecule has 2 atom stereocenters. The zero-order valence-corrected chi connectivity index (χ0v) is 12.4. The Labute approximate surface area is 120 Å². The highest BCUT2D eigenvalue weighted by Crippen LogP contribution is 2.30. The third-order valence-corrected chi connectivity index (χ3v) is 4.81. The topological polar surface area (TPSA) is 40.5 Å². The van der Waals surface area contributed by atoms with Gasteiger partial charge in [-0.2, -0.15) is 0 Å². The average molecular weight is 333 g/mol. The average Bonchev–Trinajstić information content (AvgIpc) is 2.73. The predicted octanol–water partition coefficient (Wildman–Crippen LogP) is 2.95. The van der Waals surface area contributed by atoms with Gasteiger partial charge in [0.1, 0.15) is 0 Å². The van der Waals surface area contributed by atoms with E-state index in [1.165, 1.54) is 0 Å². The Bertz CT molecular complexity index is 466. The Morgan fingerprint density at radius 3 is 3.00 bits per heavy atom. The van der Waals surface area contributed by atoms with Gasteiger partial charge in [0.25, 0.3) is 5.91 Å². The number of carbonyl (C=O) groups excluding carboxylic acids is 1. The van der Waals surface area contributed by atoms with E-state index in [4.69, 9.17) is 11.6 Å². The first-order valence-electron chi connectivity index (χ1n) is 5.92. The maximum atomic E-state index is 12.4. The lowest BCUT2D eigenvalue weighted by Gasteiger charge is -2.25. The molecule has 0 radical (unpaired) electrons. The molecule has 0 bridgehead atoms. The van der Waals surface area contributed by atoms with Gasteiger partial charge in [0, 0.05) is 11.0 Å². The summed E-state index contributed by atoms with van der Waals surface area (Å²) in [6.07, 6.45) is 0.919. The Morgan fingerprint density at radius 2 is 2.33 bits per heavy atom. The fourth-order valence-electron chi connectivity index (χ4n) is 2.36. The van der Waals surface area contributed by atoms with E-state index >= 15 is 0 Å². The second-order valence-corrected chi connectivity index (χ2v) is 5.85. The molecule has 1 aliphatic heterocycles. The van der Waals surface area contributed by atoms with Crippen LogP contribution in [-0.2, 0) is 0 Å². The molecule has 1 N–H and O–H groups in total. The molecule has 18 heavy (non-hydrogen) atoms. The predicted molar refractivity (Wildman–Crippen MR) is 74.8 cm³/mol. The minimum Gasteiger partial charge on any atom is -0.394 e. The normalized spacial score (nSPS) is 23.4. The largest absolute Gasteiger partial charge is 0.394 e. The smallest absolute Gasteiger partial charge is 0.255 e. The summed E-state index contributed by atoms with van der Waals surface area (Å²) in [5.41, 5.74) is 0.485. The van der Waals surface area contributed by atoms with Crippen molar-refractivity contribution in [2.75, 3.05) is 13.2 Å². The first-order valence-corrected chi connectivity index (χ1v) is 7.09. The summed E-state index contributed by atoms with van der Waals surface area (Å²) < 4.78 is 0.711. The maximum absolute atomic E-state index is 12.4. The van der Waals surface area contributed by atoms with E-state index in [-0.39, 0.29) is 18.6 Å². The van der Waals surface area contributed by atoms with Gasteiger partial charge < -0.3 is 10.0 Å². The van der Waals surface area contributed by atoms with Crippen LogP contribution in [0.3, 0.4) is 0 Å². The molecular weight excluding hydrogens is 318 g/mol. The number of nitrogens with zero attached hydrogens (tertiary/aromatic N) is 1. The lowest BCUT2D eigenvalue weighted by atomic mass is 10.0. The van der Waals surface area contributed by atoms with E-state index in [1.807, 2.05) is 0 Å². The number of aliphatic hydroxyl groups is 1. The summed E-state index contributed by atoms with van der Waals surface area (Å²) in [5.74, 6) is 0.217. The van der Waals surface area contributed by atoms with Crippen LogP contribution in [0.5, 0.6) is 0 Å². The van der Waals surface area contributed by atoms with Gasteiger partial charge in [0.2, 0.25) is 0 Å². The molecule has 98 valence electrons. The van der Waals surface area contributed by atoms with Gasteiger partial charge in [0.15, 0.2) is 0 Å². The van der Waals surface area contributed by atoms with Crippen LogP contribution in [-0.4, -0.2) is 35.1 Å². The monoisotopic (exact) mass is 331 g/mol. The van der Waals surface area contributed by atoms with Gasteiger partial charge in [-0.05, 0) is 40.4 Å². The quantitative estimate of drug-likeness (QED) is 0.904. The molecule has 0 spiro atoms. The van der Waals surface area contributed by atoms with Crippen molar-refractivity contribution in [3.8, 4) is 0 Å². The molecule has 2 unspecified atom stereocenters. The van der Waals surface area contributed by atoms with Crippen molar-refractivity contribution in [2.24, 2.45) is 5.92 Å². The van der Waals surface area contributed by atoms with Crippen molar-refractivity contribution in [2.45, 2.75) is 19.4 Å². The number of amides is 1. The third-order valence-electron chi connectivity index (χ3n) is 3.51. The van der Waals surface area contributed by atoms with E-state index in [2.05, 4.69) is 22.9 Å². The second kappa shape index (κ2) is 5.59. The number of likely N-dealkylation sites (tertiary alicyclic amines) is 1. The van der Waals surface area contributed by atoms with Crippen LogP contribution in [0.2, 0.25) is 5.02 Å². The number of rotatable bonds is 2. The maximum Gasteiger partial charge on any atom is 0.255 e. The SMILES string of the molecule is CC1CCN(C(=O)c2cccc(Br)c2Cl)C1CO. The minimum atomic E-state index is -0.107. The number of hydrogen-bond acceptors (Lipinski definition) is 2. The van der Waals surface area contributed by atoms with E-state index in [9.17, 15) is 9.90 Å². The molecular formula is C13H15BrClNO2. The fraction of sp³-hybridized carbons (Fsp3) is 0.462. The van der Waals surface area contributed by atoms with Crippen LogP contribution in [0, 0.1) is 5.92 Å². The molecule has 0 aliphatic carbocycles. The van der Waals surface area contributed by atoms with E-state index in [0.29, 0.717) is 27.5 Å². The molecule has 0 saturated carbocycles. The molecule has 2 rings (SSSR count). The minimum absolute atomic E-state index is 0.00146. The van der Waals surface area contributed by atoms with Gasteiger partial charge in [-0.15, -0.1) is 0 Å². The van der Waals surface area contributed by atoms with Crippen molar-refractivity contribution >= 4 is 33.4 Å². The number of benzene rings is 1. The highest BCUT2D eigenvalue weighted by Gasteiger charge is 2.34. The Morgan fingerprint density at radius 1 is 1.61 bits per heavy atom. The number of hydrogen-bond donors (Lipinski definition) is 1. The number of halogens is 2. The Hall–Kier alpha value is -0.580. The van der Waals surface area contributed by atoms with Crippen molar-refractivity contribution in [3.05, 3.63) is 33.3 Å². The van der Waals surface area contributed by atoms with Gasteiger partial charge >= 0.3 is 0 Å². The summed E-state index contributed by atoms with van der Waals surface area (Å²) in [7, 11) is 0. The summed E-state index contributed by atoms with van der Waals surface area (Å²) >= 11 is 9.45. The molecule has 3 nitrogen and oxygen atoms in total. The van der Waals surface area contributed by atoms with Crippen LogP contribution < -0.4 is 0 Å². The van der Waals surface area contributed by atoms with Gasteiger partial charge in [-0.1, -0.05) is 24.6 Å². The highest BCUT2D eigenvalue weighted by molar-refractivity contribution is 9.10. The molecule has 1 amide bonds. The number of aliphatic hydroxyl groups excluding tert-OH is 1. The Kier molecular flexibility index (Phi) is 4.30. The highest BCUT2D eigenvalue weighted by atomic mass is 79.9. The van der Waals surface area contributed by atoms with E-state index in [0.717, 1.165) is 6.42 Å². The van der Waals surface area contributed by atoms with Crippen LogP contribution >= 0.6 is 27.5 Å². The molecule has 1 heterocycles. The molecule has 1 fully saturated rings. The third kappa shape index (κ3) is 2.42. The molecule has 0 aromatic heterocycles. The number of carbonyl (C=O) groups is 1. The summed E-state index contributed by atoms with van der Waals surface area (Å²) in [6.45, 7) is 2.73. The summed E-state index contributed by atoms with van der Waals surface area (Å²) in [5, 5.41) is 9.82. The fourth-order valence-corrected chi connectivity index (χ4v) is 2.94. The molecule has 1 saturated heterocycles. The van der Waals surface area contributed by atoms with Crippen LogP contribution in [0.4, 0.5) is 0 Å². The van der Waals surface area contributed by atoms with Gasteiger partial charge in [-0.3, -0.25) is 4.79 Å². The molecule has 1 aliphatic rings. The standard InChI is InChI=1S/C13H15BrClNO2/c1-8-5-6-16(11(8)7-17)13(18)9-3-2-4-10(14)12(9)15/h2-4,8,11,17H,5-7H2,1H3. The summed E-state index contributed by atoms with van der Waals surface area (Å²) in [6, 6.07) is 5.20. The summed E-state index contributed by atoms with van der Waals surface area (Å²) in [4.78, 5) is 14.2. The van der Waals surface area contributed by atoms with E-state index in [1.54, 1.807) is 23.1 Å². The van der Waals surface area contributed by atoms with Gasteiger partial charge in [-0.25, -0.2) is 0 Å². The zero-order valence-electron chi connectivity index (χ0n) is 10.1. The van der Waals surface area contributed by atoms with E-state index < -0.39 is 0 Å². The van der Waals surface area contributed by atoms with Crippen molar-refractivity contribution in [3.63, 3.8) is 0 Å². The van der Waals surface area contributed by atoms with Crippen molar-refractivity contribution < 1.29 is 9.90 Å².